The van der Waals surface area contributed by atoms with E-state index in [-0.39, 0.29) is 23.5 Å². The van der Waals surface area contributed by atoms with E-state index in [1.54, 1.807) is 0 Å². The Kier molecular flexibility index (Phi) is 3.91. The van der Waals surface area contributed by atoms with Gasteiger partial charge in [0.2, 0.25) is 0 Å². The highest BCUT2D eigenvalue weighted by Gasteiger charge is 2.28. The van der Waals surface area contributed by atoms with Crippen LogP contribution in [0.3, 0.4) is 0 Å². The molecule has 0 bridgehead atoms. The zero-order chi connectivity index (χ0) is 12.3. The molecule has 2 aliphatic rings. The van der Waals surface area contributed by atoms with Gasteiger partial charge in [-0.2, -0.15) is 0 Å². The fourth-order valence-corrected chi connectivity index (χ4v) is 4.34. The Balaban J connectivity index is 1.73. The van der Waals surface area contributed by atoms with Crippen molar-refractivity contribution in [1.82, 2.24) is 10.2 Å². The van der Waals surface area contributed by atoms with Gasteiger partial charge in [-0.1, -0.05) is 0 Å². The zero-order valence-electron chi connectivity index (χ0n) is 10.0. The van der Waals surface area contributed by atoms with Gasteiger partial charge in [0.25, 0.3) is 0 Å². The first kappa shape index (κ1) is 12.7. The first-order chi connectivity index (χ1) is 8.07. The van der Waals surface area contributed by atoms with Gasteiger partial charge in [0.15, 0.2) is 9.84 Å². The molecule has 2 rings (SSSR count). The van der Waals surface area contributed by atoms with Crippen molar-refractivity contribution in [2.24, 2.45) is 5.92 Å². The highest BCUT2D eigenvalue weighted by atomic mass is 32.2. The van der Waals surface area contributed by atoms with Gasteiger partial charge in [0.1, 0.15) is 0 Å². The summed E-state index contributed by atoms with van der Waals surface area (Å²) in [4.78, 5) is 13.6. The second-order valence-electron chi connectivity index (χ2n) is 5.00. The summed E-state index contributed by atoms with van der Waals surface area (Å²) in [6.07, 6.45) is 4.03. The highest BCUT2D eigenvalue weighted by molar-refractivity contribution is 7.91. The number of hydrogen-bond acceptors (Lipinski definition) is 3. The van der Waals surface area contributed by atoms with Crippen LogP contribution in [-0.4, -0.2) is 50.5 Å². The van der Waals surface area contributed by atoms with Gasteiger partial charge in [-0.05, 0) is 31.6 Å². The van der Waals surface area contributed by atoms with Crippen LogP contribution in [0.5, 0.6) is 0 Å². The SMILES string of the molecule is O=C(NCC1CCS(=O)(=O)C1)N1CCCCC1. The molecule has 1 N–H and O–H groups in total. The summed E-state index contributed by atoms with van der Waals surface area (Å²) in [5.74, 6) is 0.610. The third-order valence-corrected chi connectivity index (χ3v) is 5.35. The Morgan fingerprint density at radius 2 is 1.94 bits per heavy atom. The molecule has 0 saturated carbocycles. The molecule has 1 unspecified atom stereocenters. The number of sulfone groups is 1. The van der Waals surface area contributed by atoms with Crippen molar-refractivity contribution in [3.8, 4) is 0 Å². The topological polar surface area (TPSA) is 66.5 Å². The van der Waals surface area contributed by atoms with Crippen LogP contribution in [0.1, 0.15) is 25.7 Å². The van der Waals surface area contributed by atoms with E-state index in [0.29, 0.717) is 13.0 Å². The molecular weight excluding hydrogens is 240 g/mol. The molecule has 2 saturated heterocycles. The van der Waals surface area contributed by atoms with Crippen molar-refractivity contribution in [3.63, 3.8) is 0 Å². The summed E-state index contributed by atoms with van der Waals surface area (Å²) in [6.45, 7) is 2.15. The van der Waals surface area contributed by atoms with Crippen LogP contribution in [0, 0.1) is 5.92 Å². The number of likely N-dealkylation sites (tertiary alicyclic amines) is 1. The number of nitrogens with one attached hydrogen (secondary N) is 1. The van der Waals surface area contributed by atoms with Gasteiger partial charge in [-0.15, -0.1) is 0 Å². The highest BCUT2D eigenvalue weighted by Crippen LogP contribution is 2.17. The summed E-state index contributed by atoms with van der Waals surface area (Å²) in [5.41, 5.74) is 0. The number of hydrogen-bond donors (Lipinski definition) is 1. The number of nitrogens with zero attached hydrogens (tertiary/aromatic N) is 1. The minimum absolute atomic E-state index is 0.0333. The lowest BCUT2D eigenvalue weighted by atomic mass is 10.1. The lowest BCUT2D eigenvalue weighted by Crippen LogP contribution is -2.44. The molecule has 0 aromatic rings. The fourth-order valence-electron chi connectivity index (χ4n) is 2.47. The van der Waals surface area contributed by atoms with Gasteiger partial charge in [-0.3, -0.25) is 0 Å². The minimum atomic E-state index is -2.83. The van der Waals surface area contributed by atoms with E-state index in [2.05, 4.69) is 5.32 Å². The summed E-state index contributed by atoms with van der Waals surface area (Å²) in [5, 5.41) is 2.85. The van der Waals surface area contributed by atoms with E-state index in [0.717, 1.165) is 25.9 Å². The lowest BCUT2D eigenvalue weighted by molar-refractivity contribution is 0.185. The summed E-state index contributed by atoms with van der Waals surface area (Å²) in [7, 11) is -2.83. The molecule has 2 fully saturated rings. The van der Waals surface area contributed by atoms with Crippen LogP contribution in [0.2, 0.25) is 0 Å². The molecule has 2 aliphatic heterocycles. The van der Waals surface area contributed by atoms with Crippen LogP contribution >= 0.6 is 0 Å². The maximum Gasteiger partial charge on any atom is 0.317 e. The molecule has 2 amide bonds. The van der Waals surface area contributed by atoms with Crippen molar-refractivity contribution >= 4 is 15.9 Å². The predicted molar refractivity (Wildman–Crippen MR) is 65.6 cm³/mol. The van der Waals surface area contributed by atoms with Crippen molar-refractivity contribution in [2.45, 2.75) is 25.7 Å². The Hall–Kier alpha value is -0.780. The molecule has 0 radical (unpaired) electrons. The maximum atomic E-state index is 11.8. The maximum absolute atomic E-state index is 11.8. The van der Waals surface area contributed by atoms with Crippen molar-refractivity contribution in [3.05, 3.63) is 0 Å². The second kappa shape index (κ2) is 5.25. The number of urea groups is 1. The third-order valence-electron chi connectivity index (χ3n) is 3.51. The van der Waals surface area contributed by atoms with Crippen LogP contribution < -0.4 is 5.32 Å². The van der Waals surface area contributed by atoms with Crippen LogP contribution in [0.4, 0.5) is 4.79 Å². The smallest absolute Gasteiger partial charge is 0.317 e. The molecule has 0 aromatic heterocycles. The molecule has 6 heteroatoms. The number of rotatable bonds is 2. The van der Waals surface area contributed by atoms with Crippen LogP contribution in [-0.2, 0) is 9.84 Å². The van der Waals surface area contributed by atoms with Gasteiger partial charge in [-0.25, -0.2) is 13.2 Å². The van der Waals surface area contributed by atoms with Gasteiger partial charge < -0.3 is 10.2 Å². The quantitative estimate of drug-likeness (QED) is 0.791. The first-order valence-electron chi connectivity index (χ1n) is 6.30. The van der Waals surface area contributed by atoms with Crippen LogP contribution in [0.15, 0.2) is 0 Å². The van der Waals surface area contributed by atoms with E-state index >= 15 is 0 Å². The second-order valence-corrected chi connectivity index (χ2v) is 7.23. The van der Waals surface area contributed by atoms with Gasteiger partial charge in [0, 0.05) is 19.6 Å². The van der Waals surface area contributed by atoms with Crippen molar-refractivity contribution in [2.75, 3.05) is 31.1 Å². The Bertz CT molecular complexity index is 374. The van der Waals surface area contributed by atoms with Gasteiger partial charge in [0.05, 0.1) is 11.5 Å². The first-order valence-corrected chi connectivity index (χ1v) is 8.12. The molecule has 17 heavy (non-hydrogen) atoms. The molecule has 98 valence electrons. The third kappa shape index (κ3) is 3.59. The molecule has 0 aliphatic carbocycles. The number of piperidine rings is 1. The average Bonchev–Trinajstić information content (AvgIpc) is 2.67. The van der Waals surface area contributed by atoms with Crippen molar-refractivity contribution < 1.29 is 13.2 Å². The molecule has 2 heterocycles. The summed E-state index contributed by atoms with van der Waals surface area (Å²) in [6, 6.07) is -0.0333. The molecule has 5 nitrogen and oxygen atoms in total. The Morgan fingerprint density at radius 3 is 2.53 bits per heavy atom. The zero-order valence-corrected chi connectivity index (χ0v) is 10.8. The molecule has 0 aromatic carbocycles. The van der Waals surface area contributed by atoms with E-state index in [9.17, 15) is 13.2 Å². The normalized spacial score (nSPS) is 28.0. The Labute approximate surface area is 102 Å². The van der Waals surface area contributed by atoms with E-state index in [1.807, 2.05) is 4.90 Å². The standard InChI is InChI=1S/C11H20N2O3S/c14-11(13-5-2-1-3-6-13)12-8-10-4-7-17(15,16)9-10/h10H,1-9H2,(H,12,14). The van der Waals surface area contributed by atoms with Crippen LogP contribution in [0.25, 0.3) is 0 Å². The van der Waals surface area contributed by atoms with E-state index < -0.39 is 9.84 Å². The largest absolute Gasteiger partial charge is 0.338 e. The summed E-state index contributed by atoms with van der Waals surface area (Å²) < 4.78 is 22.5. The minimum Gasteiger partial charge on any atom is -0.338 e. The average molecular weight is 260 g/mol. The van der Waals surface area contributed by atoms with Crippen molar-refractivity contribution in [1.29, 1.82) is 0 Å². The number of carbonyl (C=O) groups excluding carboxylic acids is 1. The van der Waals surface area contributed by atoms with Gasteiger partial charge >= 0.3 is 6.03 Å². The summed E-state index contributed by atoms with van der Waals surface area (Å²) >= 11 is 0. The molecule has 1 atom stereocenters. The lowest BCUT2D eigenvalue weighted by Gasteiger charge is -2.27. The fraction of sp³-hybridized carbons (Fsp3) is 0.909. The number of carbonyl (C=O) groups is 1. The number of amides is 2. The molecule has 0 spiro atoms. The van der Waals surface area contributed by atoms with E-state index in [1.165, 1.54) is 6.42 Å². The molecular formula is C11H20N2O3S. The van der Waals surface area contributed by atoms with E-state index in [4.69, 9.17) is 0 Å². The Morgan fingerprint density at radius 1 is 1.24 bits per heavy atom. The monoisotopic (exact) mass is 260 g/mol. The predicted octanol–water partition coefficient (Wildman–Crippen LogP) is 0.617.